The van der Waals surface area contributed by atoms with Crippen molar-refractivity contribution in [2.24, 2.45) is 5.10 Å². The van der Waals surface area contributed by atoms with Crippen LogP contribution in [-0.4, -0.2) is 29.5 Å². The Labute approximate surface area is 167 Å². The molecule has 0 bridgehead atoms. The normalized spacial score (nSPS) is 18.3. The van der Waals surface area contributed by atoms with Crippen molar-refractivity contribution in [1.82, 2.24) is 0 Å². The van der Waals surface area contributed by atoms with Gasteiger partial charge in [-0.25, -0.2) is 5.01 Å². The highest BCUT2D eigenvalue weighted by Crippen LogP contribution is 2.32. The Morgan fingerprint density at radius 1 is 1.21 bits per heavy atom. The lowest BCUT2D eigenvalue weighted by Gasteiger charge is -2.24. The van der Waals surface area contributed by atoms with E-state index in [9.17, 15) is 14.4 Å². The predicted molar refractivity (Wildman–Crippen MR) is 109 cm³/mol. The minimum atomic E-state index is -0.565. The van der Waals surface area contributed by atoms with Gasteiger partial charge in [0.1, 0.15) is 11.5 Å². The Morgan fingerprint density at radius 2 is 2.03 bits per heavy atom. The lowest BCUT2D eigenvalue weighted by Crippen LogP contribution is -2.36. The lowest BCUT2D eigenvalue weighted by atomic mass is 10.1. The number of hydrogen-bond donors (Lipinski definition) is 2. The molecule has 2 aliphatic rings. The predicted octanol–water partition coefficient (Wildman–Crippen LogP) is 2.84. The third-order valence-corrected chi connectivity index (χ3v) is 4.71. The van der Waals surface area contributed by atoms with Gasteiger partial charge >= 0.3 is 0 Å². The Bertz CT molecular complexity index is 1050. The van der Waals surface area contributed by atoms with E-state index in [0.29, 0.717) is 22.8 Å². The topological polar surface area (TPSA) is 100 Å². The number of fused-ring (bicyclic) bond motifs is 1. The molecule has 0 aromatic heterocycles. The van der Waals surface area contributed by atoms with Gasteiger partial charge in [-0.05, 0) is 49.7 Å². The number of rotatable bonds is 3. The van der Waals surface area contributed by atoms with Crippen molar-refractivity contribution in [1.29, 1.82) is 0 Å². The number of aryl methyl sites for hydroxylation is 1. The lowest BCUT2D eigenvalue weighted by molar-refractivity contribution is -0.122. The highest BCUT2D eigenvalue weighted by Gasteiger charge is 2.27. The van der Waals surface area contributed by atoms with Crippen molar-refractivity contribution in [2.45, 2.75) is 32.8 Å². The maximum Gasteiger partial charge on any atom is 0.271 e. The van der Waals surface area contributed by atoms with Gasteiger partial charge in [0.2, 0.25) is 5.91 Å². The van der Waals surface area contributed by atoms with Crippen molar-refractivity contribution >= 4 is 40.5 Å². The molecule has 0 fully saturated rings. The van der Waals surface area contributed by atoms with Crippen molar-refractivity contribution in [3.8, 4) is 5.75 Å². The molecule has 8 nitrogen and oxygen atoms in total. The van der Waals surface area contributed by atoms with Gasteiger partial charge in [-0.1, -0.05) is 12.1 Å². The van der Waals surface area contributed by atoms with Gasteiger partial charge in [0.25, 0.3) is 11.8 Å². The fourth-order valence-corrected chi connectivity index (χ4v) is 3.17. The van der Waals surface area contributed by atoms with Crippen molar-refractivity contribution in [3.63, 3.8) is 0 Å². The number of hydrazone groups is 1. The molecule has 2 aromatic rings. The number of anilines is 3. The van der Waals surface area contributed by atoms with Crippen LogP contribution in [0, 0.1) is 6.92 Å². The van der Waals surface area contributed by atoms with Gasteiger partial charge < -0.3 is 15.4 Å². The van der Waals surface area contributed by atoms with E-state index in [0.717, 1.165) is 5.56 Å². The van der Waals surface area contributed by atoms with Crippen LogP contribution in [0.3, 0.4) is 0 Å². The standard InChI is InChI=1S/C21H20N4O4/c1-12-4-3-5-15(10-12)25-19(26)9-7-16(24-25)21(28)22-14-6-8-18-17(11-14)23-20(27)13(2)29-18/h3-6,8,10-11,13H,7,9H2,1-2H3,(H,22,28)(H,23,27)/t13-/m1/s1. The number of amides is 3. The Hall–Kier alpha value is -3.68. The first-order valence-corrected chi connectivity index (χ1v) is 9.31. The molecule has 0 spiro atoms. The first-order valence-electron chi connectivity index (χ1n) is 9.31. The largest absolute Gasteiger partial charge is 0.479 e. The third kappa shape index (κ3) is 3.82. The molecule has 0 saturated heterocycles. The number of carbonyl (C=O) groups is 3. The second kappa shape index (κ2) is 7.38. The summed E-state index contributed by atoms with van der Waals surface area (Å²) in [6, 6.07) is 12.4. The number of benzene rings is 2. The van der Waals surface area contributed by atoms with Gasteiger partial charge in [0, 0.05) is 18.5 Å². The minimum absolute atomic E-state index is 0.157. The van der Waals surface area contributed by atoms with Gasteiger partial charge in [-0.3, -0.25) is 14.4 Å². The second-order valence-electron chi connectivity index (χ2n) is 7.01. The summed E-state index contributed by atoms with van der Waals surface area (Å²) in [6.45, 7) is 3.59. The minimum Gasteiger partial charge on any atom is -0.479 e. The van der Waals surface area contributed by atoms with Crippen LogP contribution in [0.5, 0.6) is 5.75 Å². The molecule has 148 valence electrons. The molecule has 4 rings (SSSR count). The smallest absolute Gasteiger partial charge is 0.271 e. The Kier molecular flexibility index (Phi) is 4.75. The molecule has 2 heterocycles. The van der Waals surface area contributed by atoms with E-state index in [1.807, 2.05) is 25.1 Å². The van der Waals surface area contributed by atoms with Gasteiger partial charge in [-0.2, -0.15) is 5.10 Å². The van der Waals surface area contributed by atoms with E-state index in [2.05, 4.69) is 15.7 Å². The molecule has 2 aliphatic heterocycles. The van der Waals surface area contributed by atoms with Crippen LogP contribution in [0.2, 0.25) is 0 Å². The summed E-state index contributed by atoms with van der Waals surface area (Å²) in [4.78, 5) is 36.8. The average molecular weight is 392 g/mol. The summed E-state index contributed by atoms with van der Waals surface area (Å²) in [5.41, 5.74) is 2.87. The number of nitrogens with zero attached hydrogens (tertiary/aromatic N) is 2. The Balaban J connectivity index is 1.54. The molecule has 29 heavy (non-hydrogen) atoms. The van der Waals surface area contributed by atoms with Crippen LogP contribution < -0.4 is 20.4 Å². The number of nitrogens with one attached hydrogen (secondary N) is 2. The molecule has 3 amide bonds. The monoisotopic (exact) mass is 392 g/mol. The second-order valence-corrected chi connectivity index (χ2v) is 7.01. The van der Waals surface area contributed by atoms with Crippen LogP contribution in [-0.2, 0) is 14.4 Å². The van der Waals surface area contributed by atoms with Crippen LogP contribution in [0.1, 0.15) is 25.3 Å². The summed E-state index contributed by atoms with van der Waals surface area (Å²) in [6.07, 6.45) is -0.105. The van der Waals surface area contributed by atoms with E-state index < -0.39 is 12.0 Å². The summed E-state index contributed by atoms with van der Waals surface area (Å²) < 4.78 is 5.51. The summed E-state index contributed by atoms with van der Waals surface area (Å²) >= 11 is 0. The van der Waals surface area contributed by atoms with Gasteiger partial charge in [0.15, 0.2) is 6.10 Å². The average Bonchev–Trinajstić information content (AvgIpc) is 2.69. The summed E-state index contributed by atoms with van der Waals surface area (Å²) in [5, 5.41) is 11.1. The molecule has 0 aliphatic carbocycles. The van der Waals surface area contributed by atoms with Crippen molar-refractivity contribution in [2.75, 3.05) is 15.6 Å². The van der Waals surface area contributed by atoms with Crippen molar-refractivity contribution < 1.29 is 19.1 Å². The quantitative estimate of drug-likeness (QED) is 0.839. The van der Waals surface area contributed by atoms with E-state index >= 15 is 0 Å². The highest BCUT2D eigenvalue weighted by molar-refractivity contribution is 6.44. The van der Waals surface area contributed by atoms with Crippen LogP contribution >= 0.6 is 0 Å². The highest BCUT2D eigenvalue weighted by atomic mass is 16.5. The zero-order valence-electron chi connectivity index (χ0n) is 16.1. The first kappa shape index (κ1) is 18.7. The molecular weight excluding hydrogens is 372 g/mol. The number of carbonyl (C=O) groups excluding carboxylic acids is 3. The molecule has 0 radical (unpaired) electrons. The van der Waals surface area contributed by atoms with E-state index in [1.165, 1.54) is 5.01 Å². The molecule has 1 atom stereocenters. The van der Waals surface area contributed by atoms with Gasteiger partial charge in [0.05, 0.1) is 11.4 Å². The molecule has 2 N–H and O–H groups in total. The Morgan fingerprint density at radius 3 is 2.83 bits per heavy atom. The fraction of sp³-hybridized carbons (Fsp3) is 0.238. The molecule has 0 saturated carbocycles. The fourth-order valence-electron chi connectivity index (χ4n) is 3.17. The third-order valence-electron chi connectivity index (χ3n) is 4.71. The van der Waals surface area contributed by atoms with E-state index in [1.54, 1.807) is 31.2 Å². The molecular formula is C21H20N4O4. The zero-order valence-corrected chi connectivity index (χ0v) is 16.1. The van der Waals surface area contributed by atoms with Gasteiger partial charge in [-0.15, -0.1) is 0 Å². The van der Waals surface area contributed by atoms with Crippen LogP contribution in [0.25, 0.3) is 0 Å². The zero-order chi connectivity index (χ0) is 20.5. The number of hydrogen-bond acceptors (Lipinski definition) is 5. The maximum atomic E-state index is 12.7. The number of ether oxygens (including phenoxy) is 1. The van der Waals surface area contributed by atoms with Crippen molar-refractivity contribution in [3.05, 3.63) is 48.0 Å². The SMILES string of the molecule is Cc1cccc(N2N=C(C(=O)Nc3ccc4c(c3)NC(=O)[C@@H](C)O4)CCC2=O)c1. The molecule has 0 unspecified atom stereocenters. The summed E-state index contributed by atoms with van der Waals surface area (Å²) in [7, 11) is 0. The van der Waals surface area contributed by atoms with E-state index in [-0.39, 0.29) is 30.4 Å². The first-order chi connectivity index (χ1) is 13.9. The van der Waals surface area contributed by atoms with Crippen LogP contribution in [0.15, 0.2) is 47.6 Å². The molecule has 2 aromatic carbocycles. The summed E-state index contributed by atoms with van der Waals surface area (Å²) in [5.74, 6) is -0.257. The molecule has 8 heteroatoms. The van der Waals surface area contributed by atoms with Crippen LogP contribution in [0.4, 0.5) is 17.1 Å². The van der Waals surface area contributed by atoms with E-state index in [4.69, 9.17) is 4.74 Å². The maximum absolute atomic E-state index is 12.7.